The second kappa shape index (κ2) is 6.47. The number of H-pyrrole nitrogens is 1. The summed E-state index contributed by atoms with van der Waals surface area (Å²) in [5, 5.41) is 11.0. The van der Waals surface area contributed by atoms with Gasteiger partial charge in [0.05, 0.1) is 10.5 Å². The van der Waals surface area contributed by atoms with Gasteiger partial charge in [0.25, 0.3) is 11.6 Å². The number of rotatable bonds is 4. The van der Waals surface area contributed by atoms with Crippen molar-refractivity contribution in [2.45, 2.75) is 0 Å². The van der Waals surface area contributed by atoms with Gasteiger partial charge in [-0.15, -0.1) is 0 Å². The summed E-state index contributed by atoms with van der Waals surface area (Å²) in [7, 11) is 0. The van der Waals surface area contributed by atoms with Crippen molar-refractivity contribution in [1.29, 1.82) is 0 Å². The second-order valence-corrected chi connectivity index (χ2v) is 6.04. The third-order valence-corrected chi connectivity index (χ3v) is 4.30. The highest BCUT2D eigenvalue weighted by Crippen LogP contribution is 2.28. The number of aromatic amines is 1. The first-order chi connectivity index (χ1) is 13.5. The van der Waals surface area contributed by atoms with Crippen LogP contribution in [0.15, 0.2) is 65.6 Å². The van der Waals surface area contributed by atoms with E-state index in [4.69, 9.17) is 5.73 Å². The average Bonchev–Trinajstić information content (AvgIpc) is 3.09. The fraction of sp³-hybridized carbons (Fsp3) is 0. The lowest BCUT2D eigenvalue weighted by Crippen LogP contribution is -2.19. The van der Waals surface area contributed by atoms with Crippen LogP contribution in [0.2, 0.25) is 0 Å². The van der Waals surface area contributed by atoms with Crippen LogP contribution >= 0.6 is 0 Å². The van der Waals surface area contributed by atoms with Crippen molar-refractivity contribution >= 4 is 17.2 Å². The number of amides is 1. The number of carbonyl (C=O) groups excluding carboxylic acids is 1. The lowest BCUT2D eigenvalue weighted by molar-refractivity contribution is -0.384. The van der Waals surface area contributed by atoms with Gasteiger partial charge in [0, 0.05) is 29.5 Å². The number of hydrogen-bond donors (Lipinski definition) is 2. The van der Waals surface area contributed by atoms with Gasteiger partial charge in [-0.25, -0.2) is 9.78 Å². The number of nitrogens with two attached hydrogens (primary N) is 1. The summed E-state index contributed by atoms with van der Waals surface area (Å²) in [6.07, 6.45) is 1.49. The van der Waals surface area contributed by atoms with Crippen molar-refractivity contribution in [2.24, 2.45) is 5.73 Å². The molecule has 4 aromatic rings. The summed E-state index contributed by atoms with van der Waals surface area (Å²) in [6.45, 7) is 0. The van der Waals surface area contributed by atoms with Crippen molar-refractivity contribution in [3.05, 3.63) is 87.0 Å². The monoisotopic (exact) mass is 375 g/mol. The Morgan fingerprint density at radius 1 is 1.11 bits per heavy atom. The normalized spacial score (nSPS) is 10.9. The van der Waals surface area contributed by atoms with Crippen LogP contribution in [0.5, 0.6) is 0 Å². The maximum Gasteiger partial charge on any atom is 0.332 e. The molecule has 28 heavy (non-hydrogen) atoms. The number of nitrogens with zero attached hydrogens (tertiary/aromatic N) is 3. The molecule has 3 N–H and O–H groups in total. The Morgan fingerprint density at radius 2 is 1.82 bits per heavy atom. The van der Waals surface area contributed by atoms with Gasteiger partial charge < -0.3 is 5.73 Å². The number of nitrogens with one attached hydrogen (secondary N) is 1. The Balaban J connectivity index is 2.00. The Bertz CT molecular complexity index is 1290. The summed E-state index contributed by atoms with van der Waals surface area (Å²) in [6, 6.07) is 14.7. The molecule has 0 saturated heterocycles. The Labute approximate surface area is 157 Å². The topological polar surface area (TPSA) is 136 Å². The third-order valence-electron chi connectivity index (χ3n) is 4.30. The lowest BCUT2D eigenvalue weighted by Gasteiger charge is -2.03. The van der Waals surface area contributed by atoms with Crippen LogP contribution in [0, 0.1) is 10.1 Å². The summed E-state index contributed by atoms with van der Waals surface area (Å²) in [4.78, 5) is 42.1. The number of carbonyl (C=O) groups is 1. The van der Waals surface area contributed by atoms with Crippen LogP contribution in [0.4, 0.5) is 5.69 Å². The lowest BCUT2D eigenvalue weighted by atomic mass is 10.0. The van der Waals surface area contributed by atoms with Gasteiger partial charge in [0.15, 0.2) is 5.65 Å². The van der Waals surface area contributed by atoms with Crippen molar-refractivity contribution < 1.29 is 9.72 Å². The largest absolute Gasteiger partial charge is 0.365 e. The predicted molar refractivity (Wildman–Crippen MR) is 102 cm³/mol. The molecule has 0 unspecified atom stereocenters. The molecule has 0 spiro atoms. The first-order valence-corrected chi connectivity index (χ1v) is 8.21. The standard InChI is InChI=1S/C19H13N5O4/c20-16(25)15-14(11-5-2-1-3-6-11)10-23-18(15)21-17(22-19(23)26)12-7-4-8-13(9-12)24(27)28/h1-10H,(H2,20,25)(H,21,22,26). The smallest absolute Gasteiger partial charge is 0.332 e. The number of aromatic nitrogens is 3. The minimum atomic E-state index is -0.732. The van der Waals surface area contributed by atoms with Crippen LogP contribution in [-0.4, -0.2) is 25.2 Å². The minimum Gasteiger partial charge on any atom is -0.365 e. The van der Waals surface area contributed by atoms with Gasteiger partial charge in [-0.2, -0.15) is 0 Å². The third kappa shape index (κ3) is 2.80. The van der Waals surface area contributed by atoms with E-state index in [1.165, 1.54) is 28.8 Å². The van der Waals surface area contributed by atoms with Crippen LogP contribution in [0.1, 0.15) is 10.4 Å². The van der Waals surface area contributed by atoms with E-state index in [0.717, 1.165) is 0 Å². The predicted octanol–water partition coefficient (Wildman–Crippen LogP) is 2.36. The number of hydrogen-bond acceptors (Lipinski definition) is 5. The molecular weight excluding hydrogens is 362 g/mol. The Kier molecular flexibility index (Phi) is 3.96. The molecular formula is C19H13N5O4. The van der Waals surface area contributed by atoms with E-state index in [9.17, 15) is 19.7 Å². The van der Waals surface area contributed by atoms with E-state index >= 15 is 0 Å². The Hall–Kier alpha value is -4.27. The van der Waals surface area contributed by atoms with Gasteiger partial charge in [-0.05, 0) is 5.56 Å². The number of benzene rings is 2. The minimum absolute atomic E-state index is 0.0802. The molecule has 0 aliphatic carbocycles. The van der Waals surface area contributed by atoms with Crippen molar-refractivity contribution in [1.82, 2.24) is 14.4 Å². The van der Waals surface area contributed by atoms with Gasteiger partial charge in [0.2, 0.25) is 0 Å². The quantitative estimate of drug-likeness (QED) is 0.417. The molecule has 0 saturated carbocycles. The van der Waals surface area contributed by atoms with Gasteiger partial charge in [-0.3, -0.25) is 24.3 Å². The molecule has 2 aromatic carbocycles. The zero-order chi connectivity index (χ0) is 19.8. The first-order valence-electron chi connectivity index (χ1n) is 8.21. The molecule has 0 aliphatic rings. The molecule has 9 nitrogen and oxygen atoms in total. The molecule has 2 aromatic heterocycles. The first kappa shape index (κ1) is 17.2. The van der Waals surface area contributed by atoms with E-state index in [2.05, 4.69) is 9.97 Å². The van der Waals surface area contributed by atoms with E-state index in [-0.39, 0.29) is 22.7 Å². The van der Waals surface area contributed by atoms with Gasteiger partial charge in [0.1, 0.15) is 5.82 Å². The Morgan fingerprint density at radius 3 is 2.50 bits per heavy atom. The van der Waals surface area contributed by atoms with Crippen LogP contribution in [0.25, 0.3) is 28.2 Å². The molecule has 0 aliphatic heterocycles. The molecule has 0 radical (unpaired) electrons. The molecule has 0 atom stereocenters. The molecule has 138 valence electrons. The van der Waals surface area contributed by atoms with E-state index < -0.39 is 16.5 Å². The van der Waals surface area contributed by atoms with Crippen molar-refractivity contribution in [3.63, 3.8) is 0 Å². The highest BCUT2D eigenvalue weighted by atomic mass is 16.6. The SMILES string of the molecule is NC(=O)c1c(-c2ccccc2)cn2c(=O)[nH]c(-c3cccc([N+](=O)[O-])c3)nc12. The average molecular weight is 375 g/mol. The fourth-order valence-corrected chi connectivity index (χ4v) is 3.04. The molecule has 9 heteroatoms. The van der Waals surface area contributed by atoms with Crippen LogP contribution < -0.4 is 11.4 Å². The number of non-ortho nitro benzene ring substituents is 1. The summed E-state index contributed by atoms with van der Waals surface area (Å²) in [5.41, 5.74) is 6.58. The zero-order valence-electron chi connectivity index (χ0n) is 14.3. The number of fused-ring (bicyclic) bond motifs is 1. The van der Waals surface area contributed by atoms with Gasteiger partial charge in [-0.1, -0.05) is 42.5 Å². The molecule has 2 heterocycles. The zero-order valence-corrected chi connectivity index (χ0v) is 14.3. The van der Waals surface area contributed by atoms with Crippen LogP contribution in [0.3, 0.4) is 0 Å². The number of nitro benzene ring substituents is 1. The second-order valence-electron chi connectivity index (χ2n) is 6.04. The maximum atomic E-state index is 12.6. The van der Waals surface area contributed by atoms with Crippen molar-refractivity contribution in [2.75, 3.05) is 0 Å². The maximum absolute atomic E-state index is 12.6. The summed E-state index contributed by atoms with van der Waals surface area (Å²) in [5.74, 6) is -0.633. The number of nitro groups is 1. The highest BCUT2D eigenvalue weighted by Gasteiger charge is 2.21. The fourth-order valence-electron chi connectivity index (χ4n) is 3.04. The van der Waals surface area contributed by atoms with Crippen LogP contribution in [-0.2, 0) is 0 Å². The van der Waals surface area contributed by atoms with E-state index in [0.29, 0.717) is 16.7 Å². The molecule has 0 bridgehead atoms. The van der Waals surface area contributed by atoms with Crippen molar-refractivity contribution in [3.8, 4) is 22.5 Å². The molecule has 0 fully saturated rings. The summed E-state index contributed by atoms with van der Waals surface area (Å²) >= 11 is 0. The summed E-state index contributed by atoms with van der Waals surface area (Å²) < 4.78 is 1.20. The number of primary amides is 1. The van der Waals surface area contributed by atoms with E-state index in [1.807, 2.05) is 6.07 Å². The van der Waals surface area contributed by atoms with Gasteiger partial charge >= 0.3 is 5.69 Å². The molecule has 1 amide bonds. The molecule has 4 rings (SSSR count). The highest BCUT2D eigenvalue weighted by molar-refractivity contribution is 6.06. The van der Waals surface area contributed by atoms with E-state index in [1.54, 1.807) is 30.3 Å².